The quantitative estimate of drug-likeness (QED) is 0.668. The van der Waals surface area contributed by atoms with Gasteiger partial charge in [0, 0.05) is 11.5 Å². The van der Waals surface area contributed by atoms with Crippen LogP contribution < -0.4 is 15.8 Å². The van der Waals surface area contributed by atoms with Gasteiger partial charge in [-0.2, -0.15) is 0 Å². The molecular formula is C16H27N3O2S. The molecule has 22 heavy (non-hydrogen) atoms. The summed E-state index contributed by atoms with van der Waals surface area (Å²) in [7, 11) is 0. The van der Waals surface area contributed by atoms with Gasteiger partial charge >= 0.3 is 0 Å². The van der Waals surface area contributed by atoms with Crippen LogP contribution in [0.2, 0.25) is 0 Å². The Morgan fingerprint density at radius 3 is 2.27 bits per heavy atom. The van der Waals surface area contributed by atoms with Gasteiger partial charge in [-0.3, -0.25) is 9.59 Å². The predicted octanol–water partition coefficient (Wildman–Crippen LogP) is 1.43. The molecule has 0 aromatic heterocycles. The van der Waals surface area contributed by atoms with Crippen LogP contribution in [0.4, 0.5) is 0 Å². The van der Waals surface area contributed by atoms with E-state index in [1.54, 1.807) is 0 Å². The van der Waals surface area contributed by atoms with Crippen LogP contribution in [0.5, 0.6) is 0 Å². The summed E-state index contributed by atoms with van der Waals surface area (Å²) in [5, 5.41) is 3.28. The van der Waals surface area contributed by atoms with Gasteiger partial charge in [0.05, 0.1) is 0 Å². The third-order valence-corrected chi connectivity index (χ3v) is 6.73. The van der Waals surface area contributed by atoms with Crippen molar-refractivity contribution >= 4 is 23.8 Å². The summed E-state index contributed by atoms with van der Waals surface area (Å²) in [6, 6.07) is 0.208. The largest absolute Gasteiger partial charge is 0.369 e. The molecule has 2 unspecified atom stereocenters. The van der Waals surface area contributed by atoms with Gasteiger partial charge in [-0.15, -0.1) is 0 Å². The van der Waals surface area contributed by atoms with Crippen LogP contribution in [0, 0.1) is 23.2 Å². The Balaban J connectivity index is 1.73. The zero-order chi connectivity index (χ0) is 16.1. The van der Waals surface area contributed by atoms with Crippen molar-refractivity contribution in [1.82, 2.24) is 10.0 Å². The van der Waals surface area contributed by atoms with E-state index in [-0.39, 0.29) is 23.3 Å². The van der Waals surface area contributed by atoms with Gasteiger partial charge in [0.1, 0.15) is 5.54 Å². The Bertz CT molecular complexity index is 478. The van der Waals surface area contributed by atoms with E-state index in [1.807, 2.05) is 20.1 Å². The average Bonchev–Trinajstić information content (AvgIpc) is 2.41. The highest BCUT2D eigenvalue weighted by molar-refractivity contribution is 7.96. The highest BCUT2D eigenvalue weighted by Gasteiger charge is 2.58. The van der Waals surface area contributed by atoms with Crippen LogP contribution in [0.15, 0.2) is 0 Å². The van der Waals surface area contributed by atoms with Crippen LogP contribution in [-0.2, 0) is 9.59 Å². The number of carbonyl (C=O) groups excluding carboxylic acids is 2. The second-order valence-corrected chi connectivity index (χ2v) is 8.66. The fourth-order valence-corrected chi connectivity index (χ4v) is 5.80. The topological polar surface area (TPSA) is 84.2 Å². The van der Waals surface area contributed by atoms with Gasteiger partial charge in [0.15, 0.2) is 0 Å². The molecule has 2 amide bonds. The van der Waals surface area contributed by atoms with E-state index < -0.39 is 5.54 Å². The molecule has 4 fully saturated rings. The SMILES string of the molecule is CSNC(C)(C)C(=O)NC1C2CC3CC1CC(C(N)=O)(C3)C2. The van der Waals surface area contributed by atoms with E-state index >= 15 is 0 Å². The van der Waals surface area contributed by atoms with Crippen molar-refractivity contribution in [3.8, 4) is 0 Å². The molecule has 4 rings (SSSR count). The third kappa shape index (κ3) is 2.54. The van der Waals surface area contributed by atoms with Crippen LogP contribution >= 0.6 is 11.9 Å². The van der Waals surface area contributed by atoms with Crippen molar-refractivity contribution in [3.05, 3.63) is 0 Å². The molecule has 0 heterocycles. The first kappa shape index (κ1) is 16.1. The minimum atomic E-state index is -0.588. The molecule has 6 heteroatoms. The van der Waals surface area contributed by atoms with Crippen molar-refractivity contribution in [3.63, 3.8) is 0 Å². The fourth-order valence-electron chi connectivity index (χ4n) is 5.20. The van der Waals surface area contributed by atoms with Crippen molar-refractivity contribution in [2.45, 2.75) is 57.5 Å². The molecule has 4 aliphatic carbocycles. The molecule has 0 aromatic carbocycles. The molecule has 4 N–H and O–H groups in total. The smallest absolute Gasteiger partial charge is 0.240 e. The standard InChI is InChI=1S/C16H27N3O2S/c1-15(2,19-22-3)14(21)18-12-10-4-9-5-11(12)8-16(6-9,7-10)13(17)20/h9-12,19H,4-8H2,1-3H3,(H2,17,20)(H,18,21). The minimum Gasteiger partial charge on any atom is -0.369 e. The Labute approximate surface area is 136 Å². The summed E-state index contributed by atoms with van der Waals surface area (Å²) in [6.45, 7) is 3.81. The molecule has 4 bridgehead atoms. The van der Waals surface area contributed by atoms with Crippen molar-refractivity contribution < 1.29 is 9.59 Å². The number of hydrogen-bond donors (Lipinski definition) is 3. The Morgan fingerprint density at radius 2 is 1.77 bits per heavy atom. The summed E-state index contributed by atoms with van der Waals surface area (Å²) in [5.74, 6) is 1.37. The highest BCUT2D eigenvalue weighted by Crippen LogP contribution is 2.59. The predicted molar refractivity (Wildman–Crippen MR) is 87.8 cm³/mol. The first-order valence-electron chi connectivity index (χ1n) is 8.18. The second-order valence-electron chi connectivity index (χ2n) is 8.04. The molecule has 2 atom stereocenters. The zero-order valence-electron chi connectivity index (χ0n) is 13.6. The van der Waals surface area contributed by atoms with Gasteiger partial charge in [-0.05, 0) is 70.0 Å². The third-order valence-electron chi connectivity index (χ3n) is 6.02. The summed E-state index contributed by atoms with van der Waals surface area (Å²) in [4.78, 5) is 24.5. The first-order valence-corrected chi connectivity index (χ1v) is 9.41. The van der Waals surface area contributed by atoms with E-state index in [4.69, 9.17) is 5.73 Å². The zero-order valence-corrected chi connectivity index (χ0v) is 14.5. The van der Waals surface area contributed by atoms with E-state index in [1.165, 1.54) is 11.9 Å². The normalized spacial score (nSPS) is 39.8. The molecular weight excluding hydrogens is 298 g/mol. The maximum absolute atomic E-state index is 12.6. The number of nitrogens with one attached hydrogen (secondary N) is 2. The average molecular weight is 325 g/mol. The lowest BCUT2D eigenvalue weighted by atomic mass is 9.47. The van der Waals surface area contributed by atoms with E-state index in [2.05, 4.69) is 10.0 Å². The van der Waals surface area contributed by atoms with Gasteiger partial charge in [-0.1, -0.05) is 11.9 Å². The molecule has 0 aliphatic heterocycles. The maximum atomic E-state index is 12.6. The summed E-state index contributed by atoms with van der Waals surface area (Å²) in [6.07, 6.45) is 6.87. The maximum Gasteiger partial charge on any atom is 0.240 e. The molecule has 5 nitrogen and oxygen atoms in total. The van der Waals surface area contributed by atoms with Crippen molar-refractivity contribution in [2.24, 2.45) is 28.9 Å². The van der Waals surface area contributed by atoms with Crippen LogP contribution in [0.25, 0.3) is 0 Å². The van der Waals surface area contributed by atoms with E-state index in [9.17, 15) is 9.59 Å². The van der Waals surface area contributed by atoms with E-state index in [0.717, 1.165) is 32.1 Å². The van der Waals surface area contributed by atoms with Crippen molar-refractivity contribution in [2.75, 3.05) is 6.26 Å². The Hall–Kier alpha value is -0.750. The van der Waals surface area contributed by atoms with E-state index in [0.29, 0.717) is 17.8 Å². The lowest BCUT2D eigenvalue weighted by Crippen LogP contribution is -2.64. The summed E-state index contributed by atoms with van der Waals surface area (Å²) in [5.41, 5.74) is 4.83. The lowest BCUT2D eigenvalue weighted by molar-refractivity contribution is -0.148. The molecule has 124 valence electrons. The number of rotatable bonds is 5. The lowest BCUT2D eigenvalue weighted by Gasteiger charge is -2.59. The van der Waals surface area contributed by atoms with Crippen LogP contribution in [0.3, 0.4) is 0 Å². The number of primary amides is 1. The van der Waals surface area contributed by atoms with Gasteiger partial charge in [0.25, 0.3) is 0 Å². The number of hydrogen-bond acceptors (Lipinski definition) is 4. The first-order chi connectivity index (χ1) is 10.3. The van der Waals surface area contributed by atoms with Crippen LogP contribution in [0.1, 0.15) is 46.0 Å². The fraction of sp³-hybridized carbons (Fsp3) is 0.875. The molecule has 0 radical (unpaired) electrons. The number of carbonyl (C=O) groups is 2. The number of amides is 2. The van der Waals surface area contributed by atoms with Gasteiger partial charge < -0.3 is 11.1 Å². The molecule has 0 spiro atoms. The van der Waals surface area contributed by atoms with Gasteiger partial charge in [-0.25, -0.2) is 4.72 Å². The van der Waals surface area contributed by atoms with Crippen LogP contribution in [-0.4, -0.2) is 29.7 Å². The summed E-state index contributed by atoms with van der Waals surface area (Å²) < 4.78 is 3.15. The minimum absolute atomic E-state index is 0.0486. The number of nitrogens with two attached hydrogens (primary N) is 1. The highest BCUT2D eigenvalue weighted by atomic mass is 32.2. The Morgan fingerprint density at radius 1 is 1.18 bits per heavy atom. The van der Waals surface area contributed by atoms with Gasteiger partial charge in [0.2, 0.25) is 11.8 Å². The summed E-state index contributed by atoms with van der Waals surface area (Å²) >= 11 is 1.46. The van der Waals surface area contributed by atoms with Crippen molar-refractivity contribution in [1.29, 1.82) is 0 Å². The Kier molecular flexibility index (Phi) is 3.96. The second kappa shape index (κ2) is 5.41. The molecule has 4 aliphatic rings. The molecule has 4 saturated carbocycles. The monoisotopic (exact) mass is 325 g/mol. The molecule has 0 aromatic rings. The molecule has 0 saturated heterocycles.